The van der Waals surface area contributed by atoms with Gasteiger partial charge in [0.2, 0.25) is 5.91 Å². The van der Waals surface area contributed by atoms with Crippen LogP contribution in [0.25, 0.3) is 0 Å². The lowest BCUT2D eigenvalue weighted by Gasteiger charge is -2.29. The first-order chi connectivity index (χ1) is 16.5. The van der Waals surface area contributed by atoms with Gasteiger partial charge < -0.3 is 4.90 Å². The summed E-state index contributed by atoms with van der Waals surface area (Å²) in [5, 5.41) is 0. The number of sulfonamides is 1. The zero-order valence-electron chi connectivity index (χ0n) is 18.7. The Morgan fingerprint density at radius 1 is 0.588 bits per heavy atom. The van der Waals surface area contributed by atoms with E-state index in [-0.39, 0.29) is 17.3 Å². The van der Waals surface area contributed by atoms with Crippen LogP contribution >= 0.6 is 0 Å². The molecule has 0 spiro atoms. The fraction of sp³-hybridized carbons (Fsp3) is 0.107. The van der Waals surface area contributed by atoms with E-state index in [4.69, 9.17) is 0 Å². The standard InChI is InChI=1S/C28H26N2O3S/c31-28(29(21-24-13-5-1-6-14-24)22-25-15-7-2-8-16-25)23-30(26-17-9-3-10-18-26)34(32,33)27-19-11-4-12-20-27/h1-20H,21-23H2. The molecule has 0 atom stereocenters. The number of amides is 1. The van der Waals surface area contributed by atoms with Crippen molar-refractivity contribution >= 4 is 21.6 Å². The molecule has 34 heavy (non-hydrogen) atoms. The lowest BCUT2D eigenvalue weighted by molar-refractivity contribution is -0.130. The van der Waals surface area contributed by atoms with Crippen LogP contribution in [0, 0.1) is 0 Å². The average molecular weight is 471 g/mol. The van der Waals surface area contributed by atoms with Crippen LogP contribution in [-0.4, -0.2) is 25.8 Å². The topological polar surface area (TPSA) is 57.7 Å². The van der Waals surface area contributed by atoms with Crippen molar-refractivity contribution in [3.8, 4) is 0 Å². The Morgan fingerprint density at radius 3 is 1.47 bits per heavy atom. The summed E-state index contributed by atoms with van der Waals surface area (Å²) in [5.74, 6) is -0.281. The molecule has 0 saturated heterocycles. The zero-order chi connectivity index (χ0) is 23.8. The first kappa shape index (κ1) is 23.3. The summed E-state index contributed by atoms with van der Waals surface area (Å²) in [6.07, 6.45) is 0. The molecule has 0 unspecified atom stereocenters. The predicted molar refractivity (Wildman–Crippen MR) is 135 cm³/mol. The van der Waals surface area contributed by atoms with Crippen LogP contribution in [-0.2, 0) is 27.9 Å². The first-order valence-corrected chi connectivity index (χ1v) is 12.5. The SMILES string of the molecule is O=C(CN(c1ccccc1)S(=O)(=O)c1ccccc1)N(Cc1ccccc1)Cc1ccccc1. The number of benzene rings is 4. The number of nitrogens with zero attached hydrogens (tertiary/aromatic N) is 2. The number of anilines is 1. The van der Waals surface area contributed by atoms with E-state index in [1.165, 1.54) is 4.31 Å². The van der Waals surface area contributed by atoms with Gasteiger partial charge in [-0.3, -0.25) is 9.10 Å². The lowest BCUT2D eigenvalue weighted by Crippen LogP contribution is -2.42. The molecule has 0 aliphatic rings. The number of hydrogen-bond donors (Lipinski definition) is 0. The van der Waals surface area contributed by atoms with Gasteiger partial charge in [0.25, 0.3) is 10.0 Å². The molecule has 0 bridgehead atoms. The maximum Gasteiger partial charge on any atom is 0.264 e. The van der Waals surface area contributed by atoms with Gasteiger partial charge in [0.05, 0.1) is 10.6 Å². The molecule has 5 nitrogen and oxygen atoms in total. The highest BCUT2D eigenvalue weighted by Crippen LogP contribution is 2.24. The molecule has 0 radical (unpaired) electrons. The van der Waals surface area contributed by atoms with Crippen LogP contribution in [0.15, 0.2) is 126 Å². The smallest absolute Gasteiger partial charge is 0.264 e. The van der Waals surface area contributed by atoms with Crippen LogP contribution in [0.4, 0.5) is 5.69 Å². The summed E-state index contributed by atoms with van der Waals surface area (Å²) in [4.78, 5) is 15.5. The quantitative estimate of drug-likeness (QED) is 0.342. The number of para-hydroxylation sites is 1. The average Bonchev–Trinajstić information content (AvgIpc) is 2.89. The van der Waals surface area contributed by atoms with E-state index in [0.717, 1.165) is 11.1 Å². The largest absolute Gasteiger partial charge is 0.332 e. The molecule has 4 aromatic carbocycles. The van der Waals surface area contributed by atoms with Crippen molar-refractivity contribution in [3.05, 3.63) is 132 Å². The second kappa shape index (κ2) is 10.8. The Bertz CT molecular complexity index is 1260. The van der Waals surface area contributed by atoms with Gasteiger partial charge in [-0.05, 0) is 35.4 Å². The third kappa shape index (κ3) is 5.71. The number of rotatable bonds is 9. The molecule has 1 amide bonds. The predicted octanol–water partition coefficient (Wildman–Crippen LogP) is 5.11. The highest BCUT2D eigenvalue weighted by atomic mass is 32.2. The van der Waals surface area contributed by atoms with Crippen LogP contribution in [0.3, 0.4) is 0 Å². The first-order valence-electron chi connectivity index (χ1n) is 11.0. The third-order valence-electron chi connectivity index (χ3n) is 5.44. The van der Waals surface area contributed by atoms with E-state index < -0.39 is 10.0 Å². The molecular weight excluding hydrogens is 444 g/mol. The van der Waals surface area contributed by atoms with Gasteiger partial charge in [-0.25, -0.2) is 8.42 Å². The fourth-order valence-electron chi connectivity index (χ4n) is 3.69. The highest BCUT2D eigenvalue weighted by molar-refractivity contribution is 7.92. The number of hydrogen-bond acceptors (Lipinski definition) is 3. The molecule has 0 aliphatic carbocycles. The summed E-state index contributed by atoms with van der Waals surface area (Å²) >= 11 is 0. The minimum absolute atomic E-state index is 0.143. The summed E-state index contributed by atoms with van der Waals surface area (Å²) in [6, 6.07) is 36.3. The van der Waals surface area contributed by atoms with Crippen LogP contribution in [0.2, 0.25) is 0 Å². The summed E-state index contributed by atoms with van der Waals surface area (Å²) < 4.78 is 28.3. The Hall–Kier alpha value is -3.90. The lowest BCUT2D eigenvalue weighted by atomic mass is 10.1. The second-order valence-corrected chi connectivity index (χ2v) is 9.74. The van der Waals surface area contributed by atoms with E-state index >= 15 is 0 Å². The van der Waals surface area contributed by atoms with Gasteiger partial charge in [-0.1, -0.05) is 97.1 Å². The molecular formula is C28H26N2O3S. The molecule has 0 aliphatic heterocycles. The van der Waals surface area contributed by atoms with Crippen molar-refractivity contribution in [2.24, 2.45) is 0 Å². The molecule has 0 fully saturated rings. The van der Waals surface area contributed by atoms with E-state index in [1.54, 1.807) is 59.5 Å². The summed E-state index contributed by atoms with van der Waals surface area (Å²) in [6.45, 7) is 0.450. The van der Waals surface area contributed by atoms with E-state index in [0.29, 0.717) is 18.8 Å². The maximum atomic E-state index is 13.6. The summed E-state index contributed by atoms with van der Waals surface area (Å²) in [5.41, 5.74) is 2.40. The minimum atomic E-state index is -3.94. The minimum Gasteiger partial charge on any atom is -0.332 e. The van der Waals surface area contributed by atoms with E-state index in [9.17, 15) is 13.2 Å². The number of carbonyl (C=O) groups is 1. The second-order valence-electron chi connectivity index (χ2n) is 7.88. The maximum absolute atomic E-state index is 13.6. The van der Waals surface area contributed by atoms with Crippen molar-refractivity contribution in [3.63, 3.8) is 0 Å². The molecule has 6 heteroatoms. The molecule has 4 rings (SSSR count). The number of carbonyl (C=O) groups excluding carboxylic acids is 1. The monoisotopic (exact) mass is 470 g/mol. The van der Waals surface area contributed by atoms with Crippen molar-refractivity contribution < 1.29 is 13.2 Å². The van der Waals surface area contributed by atoms with Gasteiger partial charge in [0.1, 0.15) is 6.54 Å². The van der Waals surface area contributed by atoms with Crippen molar-refractivity contribution in [2.75, 3.05) is 10.8 Å². The van der Waals surface area contributed by atoms with Crippen molar-refractivity contribution in [2.45, 2.75) is 18.0 Å². The van der Waals surface area contributed by atoms with E-state index in [2.05, 4.69) is 0 Å². The zero-order valence-corrected chi connectivity index (χ0v) is 19.5. The summed E-state index contributed by atoms with van der Waals surface area (Å²) in [7, 11) is -3.94. The normalized spacial score (nSPS) is 11.1. The van der Waals surface area contributed by atoms with Gasteiger partial charge in [-0.2, -0.15) is 0 Å². The molecule has 0 N–H and O–H groups in total. The van der Waals surface area contributed by atoms with Crippen LogP contribution in [0.1, 0.15) is 11.1 Å². The fourth-order valence-corrected chi connectivity index (χ4v) is 5.13. The molecule has 0 heterocycles. The molecule has 4 aromatic rings. The van der Waals surface area contributed by atoms with Crippen molar-refractivity contribution in [1.82, 2.24) is 4.90 Å². The Balaban J connectivity index is 1.67. The molecule has 0 aromatic heterocycles. The Morgan fingerprint density at radius 2 is 1.00 bits per heavy atom. The Labute approximate surface area is 201 Å². The van der Waals surface area contributed by atoms with Gasteiger partial charge in [-0.15, -0.1) is 0 Å². The molecule has 172 valence electrons. The van der Waals surface area contributed by atoms with Gasteiger partial charge in [0, 0.05) is 13.1 Å². The third-order valence-corrected chi connectivity index (χ3v) is 7.23. The highest BCUT2D eigenvalue weighted by Gasteiger charge is 2.29. The van der Waals surface area contributed by atoms with Gasteiger partial charge >= 0.3 is 0 Å². The van der Waals surface area contributed by atoms with Crippen LogP contribution in [0.5, 0.6) is 0 Å². The molecule has 0 saturated carbocycles. The van der Waals surface area contributed by atoms with E-state index in [1.807, 2.05) is 66.7 Å². The van der Waals surface area contributed by atoms with Crippen molar-refractivity contribution in [1.29, 1.82) is 0 Å². The van der Waals surface area contributed by atoms with Crippen LogP contribution < -0.4 is 4.31 Å². The van der Waals surface area contributed by atoms with Gasteiger partial charge in [0.15, 0.2) is 0 Å². The Kier molecular flexibility index (Phi) is 7.40.